The Kier molecular flexibility index (Phi) is 5.96. The number of hydrogen-bond acceptors (Lipinski definition) is 6. The average molecular weight is 464 g/mol. The minimum atomic E-state index is -4.45. The van der Waals surface area contributed by atoms with E-state index in [-0.39, 0.29) is 5.69 Å². The fourth-order valence-corrected chi connectivity index (χ4v) is 3.75. The van der Waals surface area contributed by atoms with Gasteiger partial charge in [0.1, 0.15) is 11.4 Å². The number of piperidine rings is 1. The van der Waals surface area contributed by atoms with E-state index in [1.54, 1.807) is 6.07 Å². The van der Waals surface area contributed by atoms with Crippen molar-refractivity contribution < 1.29 is 23.1 Å². The van der Waals surface area contributed by atoms with Crippen LogP contribution in [0.2, 0.25) is 5.02 Å². The third-order valence-electron chi connectivity index (χ3n) is 5.32. The van der Waals surface area contributed by atoms with Crippen LogP contribution in [-0.4, -0.2) is 44.3 Å². The molecule has 0 spiro atoms. The van der Waals surface area contributed by atoms with Gasteiger partial charge < -0.3 is 10.0 Å². The highest BCUT2D eigenvalue weighted by Gasteiger charge is 2.31. The first-order chi connectivity index (χ1) is 15.2. The number of anilines is 1. The SMILES string of the molecule is O=C(O)C1CCN(c2nnc(-c3ccc(C(F)(F)F)cc3)c(-c3ccncc3Cl)n2)CC1. The smallest absolute Gasteiger partial charge is 0.416 e. The third-order valence-corrected chi connectivity index (χ3v) is 5.62. The van der Waals surface area contributed by atoms with E-state index in [4.69, 9.17) is 11.6 Å². The number of carboxylic acids is 1. The molecule has 1 aliphatic heterocycles. The summed E-state index contributed by atoms with van der Waals surface area (Å²) in [4.78, 5) is 21.6. The van der Waals surface area contributed by atoms with Crippen LogP contribution in [0.25, 0.3) is 22.5 Å². The summed E-state index contributed by atoms with van der Waals surface area (Å²) in [5.41, 5.74) is 0.757. The van der Waals surface area contributed by atoms with Gasteiger partial charge in [0.2, 0.25) is 5.95 Å². The quantitative estimate of drug-likeness (QED) is 0.605. The maximum atomic E-state index is 12.9. The summed E-state index contributed by atoms with van der Waals surface area (Å²) in [6.45, 7) is 0.892. The van der Waals surface area contributed by atoms with Gasteiger partial charge in [-0.1, -0.05) is 23.7 Å². The Hall–Kier alpha value is -3.27. The Balaban J connectivity index is 1.74. The van der Waals surface area contributed by atoms with E-state index in [0.29, 0.717) is 53.7 Å². The molecule has 11 heteroatoms. The molecular weight excluding hydrogens is 447 g/mol. The van der Waals surface area contributed by atoms with Gasteiger partial charge >= 0.3 is 12.1 Å². The number of rotatable bonds is 4. The van der Waals surface area contributed by atoms with Crippen LogP contribution < -0.4 is 4.90 Å². The number of carbonyl (C=O) groups is 1. The lowest BCUT2D eigenvalue weighted by molar-refractivity contribution is -0.142. The summed E-state index contributed by atoms with van der Waals surface area (Å²) in [6.07, 6.45) is -0.591. The topological polar surface area (TPSA) is 92.1 Å². The number of nitrogens with zero attached hydrogens (tertiary/aromatic N) is 5. The molecule has 0 radical (unpaired) electrons. The fourth-order valence-electron chi connectivity index (χ4n) is 3.54. The second-order valence-electron chi connectivity index (χ2n) is 7.34. The average Bonchev–Trinajstić information content (AvgIpc) is 2.79. The normalized spacial score (nSPS) is 15.1. The predicted octanol–water partition coefficient (Wildman–Crippen LogP) is 4.57. The van der Waals surface area contributed by atoms with Gasteiger partial charge in [-0.3, -0.25) is 9.78 Å². The van der Waals surface area contributed by atoms with E-state index in [0.717, 1.165) is 12.1 Å². The Bertz CT molecular complexity index is 1130. The summed E-state index contributed by atoms with van der Waals surface area (Å²) in [7, 11) is 0. The molecule has 1 aromatic carbocycles. The zero-order valence-electron chi connectivity index (χ0n) is 16.6. The molecular formula is C21H17ClF3N5O2. The number of carboxylic acid groups (broad SMARTS) is 1. The summed E-state index contributed by atoms with van der Waals surface area (Å²) >= 11 is 6.32. The highest BCUT2D eigenvalue weighted by Crippen LogP contribution is 2.36. The molecule has 0 atom stereocenters. The first-order valence-electron chi connectivity index (χ1n) is 9.74. The van der Waals surface area contributed by atoms with Crippen molar-refractivity contribution in [3.05, 3.63) is 53.3 Å². The molecule has 0 aliphatic carbocycles. The fraction of sp³-hybridized carbons (Fsp3) is 0.286. The molecule has 1 saturated heterocycles. The van der Waals surface area contributed by atoms with E-state index in [2.05, 4.69) is 20.2 Å². The maximum absolute atomic E-state index is 12.9. The van der Waals surface area contributed by atoms with Crippen LogP contribution in [0.4, 0.5) is 19.1 Å². The van der Waals surface area contributed by atoms with Crippen molar-refractivity contribution >= 4 is 23.5 Å². The molecule has 0 bridgehead atoms. The van der Waals surface area contributed by atoms with Gasteiger partial charge in [-0.25, -0.2) is 4.98 Å². The Morgan fingerprint density at radius 3 is 2.34 bits per heavy atom. The molecule has 4 rings (SSSR count). The molecule has 0 unspecified atom stereocenters. The van der Waals surface area contributed by atoms with Crippen molar-refractivity contribution in [2.45, 2.75) is 19.0 Å². The van der Waals surface area contributed by atoms with Crippen molar-refractivity contribution in [3.63, 3.8) is 0 Å². The largest absolute Gasteiger partial charge is 0.481 e. The van der Waals surface area contributed by atoms with Gasteiger partial charge in [-0.15, -0.1) is 10.2 Å². The Labute approximate surface area is 185 Å². The summed E-state index contributed by atoms with van der Waals surface area (Å²) in [5.74, 6) is -0.947. The van der Waals surface area contributed by atoms with Crippen LogP contribution in [0.3, 0.4) is 0 Å². The lowest BCUT2D eigenvalue weighted by Gasteiger charge is -2.30. The third kappa shape index (κ3) is 4.50. The molecule has 1 aliphatic rings. The van der Waals surface area contributed by atoms with Gasteiger partial charge in [-0.05, 0) is 31.0 Å². The van der Waals surface area contributed by atoms with Crippen molar-refractivity contribution in [2.24, 2.45) is 5.92 Å². The zero-order valence-corrected chi connectivity index (χ0v) is 17.3. The number of alkyl halides is 3. The standard InChI is InChI=1S/C21H17ClF3N5O2/c22-16-11-26-8-5-15(16)18-17(12-1-3-14(4-2-12)21(23,24)25)28-29-20(27-18)30-9-6-13(7-10-30)19(31)32/h1-5,8,11,13H,6-7,9-10H2,(H,31,32). The second kappa shape index (κ2) is 8.70. The summed E-state index contributed by atoms with van der Waals surface area (Å²) in [6, 6.07) is 6.20. The van der Waals surface area contributed by atoms with E-state index >= 15 is 0 Å². The zero-order chi connectivity index (χ0) is 22.9. The monoisotopic (exact) mass is 463 g/mol. The van der Waals surface area contributed by atoms with Gasteiger partial charge in [-0.2, -0.15) is 13.2 Å². The van der Waals surface area contributed by atoms with Crippen LogP contribution in [0.5, 0.6) is 0 Å². The molecule has 1 fully saturated rings. The van der Waals surface area contributed by atoms with Crippen LogP contribution in [0.1, 0.15) is 18.4 Å². The lowest BCUT2D eigenvalue weighted by atomic mass is 9.97. The number of aromatic nitrogens is 4. The number of halogens is 4. The molecule has 0 amide bonds. The van der Waals surface area contributed by atoms with E-state index in [9.17, 15) is 23.1 Å². The van der Waals surface area contributed by atoms with Gasteiger partial charge in [0, 0.05) is 36.6 Å². The number of hydrogen-bond donors (Lipinski definition) is 1. The van der Waals surface area contributed by atoms with E-state index in [1.165, 1.54) is 24.5 Å². The molecule has 7 nitrogen and oxygen atoms in total. The Morgan fingerprint density at radius 1 is 1.06 bits per heavy atom. The summed E-state index contributed by atoms with van der Waals surface area (Å²) in [5, 5.41) is 17.9. The summed E-state index contributed by atoms with van der Waals surface area (Å²) < 4.78 is 38.8. The van der Waals surface area contributed by atoms with Crippen molar-refractivity contribution in [1.82, 2.24) is 20.2 Å². The Morgan fingerprint density at radius 2 is 1.75 bits per heavy atom. The number of pyridine rings is 1. The van der Waals surface area contributed by atoms with E-state index in [1.807, 2.05) is 4.90 Å². The predicted molar refractivity (Wildman–Crippen MR) is 111 cm³/mol. The van der Waals surface area contributed by atoms with Crippen LogP contribution in [-0.2, 0) is 11.0 Å². The molecule has 3 aromatic rings. The molecule has 0 saturated carbocycles. The first kappa shape index (κ1) is 21.9. The minimum absolute atomic E-state index is 0.274. The van der Waals surface area contributed by atoms with Crippen molar-refractivity contribution in [2.75, 3.05) is 18.0 Å². The van der Waals surface area contributed by atoms with Gasteiger partial charge in [0.15, 0.2) is 0 Å². The highest BCUT2D eigenvalue weighted by atomic mass is 35.5. The lowest BCUT2D eigenvalue weighted by Crippen LogP contribution is -2.37. The van der Waals surface area contributed by atoms with Crippen LogP contribution in [0, 0.1) is 5.92 Å². The highest BCUT2D eigenvalue weighted by molar-refractivity contribution is 6.33. The van der Waals surface area contributed by atoms with Gasteiger partial charge in [0.05, 0.1) is 16.5 Å². The molecule has 166 valence electrons. The van der Waals surface area contributed by atoms with Crippen molar-refractivity contribution in [1.29, 1.82) is 0 Å². The molecule has 32 heavy (non-hydrogen) atoms. The minimum Gasteiger partial charge on any atom is -0.481 e. The molecule has 1 N–H and O–H groups in total. The number of benzene rings is 1. The van der Waals surface area contributed by atoms with Crippen LogP contribution >= 0.6 is 11.6 Å². The van der Waals surface area contributed by atoms with Crippen LogP contribution in [0.15, 0.2) is 42.7 Å². The first-order valence-corrected chi connectivity index (χ1v) is 10.1. The molecule has 2 aromatic heterocycles. The maximum Gasteiger partial charge on any atom is 0.416 e. The van der Waals surface area contributed by atoms with Gasteiger partial charge in [0.25, 0.3) is 0 Å². The molecule has 3 heterocycles. The second-order valence-corrected chi connectivity index (χ2v) is 7.75. The number of aliphatic carboxylic acids is 1. The van der Waals surface area contributed by atoms with Crippen molar-refractivity contribution in [3.8, 4) is 22.5 Å². The van der Waals surface area contributed by atoms with E-state index < -0.39 is 23.6 Å².